The zero-order chi connectivity index (χ0) is 85.2. The molecule has 116 heavy (non-hydrogen) atoms. The van der Waals surface area contributed by atoms with Crippen molar-refractivity contribution < 1.29 is 150 Å². The first kappa shape index (κ1) is 107. The van der Waals surface area contributed by atoms with Gasteiger partial charge >= 0.3 is 45.9 Å². The summed E-state index contributed by atoms with van der Waals surface area (Å²) in [4.78, 5) is 8.56. The summed E-state index contributed by atoms with van der Waals surface area (Å²) in [6.45, 7) is 18.3. The Morgan fingerprint density at radius 2 is 0.655 bits per heavy atom. The van der Waals surface area contributed by atoms with Crippen LogP contribution < -0.4 is 48.2 Å². The van der Waals surface area contributed by atoms with E-state index >= 15 is 0 Å². The summed E-state index contributed by atoms with van der Waals surface area (Å²) in [6, 6.07) is 88.3. The first-order chi connectivity index (χ1) is 52.1. The van der Waals surface area contributed by atoms with Crippen molar-refractivity contribution >= 4 is 75.9 Å². The van der Waals surface area contributed by atoms with Crippen LogP contribution in [0.3, 0.4) is 0 Å². The fraction of sp³-hybridized carbons (Fsp3) is 0.268. The molecule has 0 aliphatic rings. The van der Waals surface area contributed by atoms with Gasteiger partial charge < -0.3 is 72.0 Å². The molecule has 0 fully saturated rings. The summed E-state index contributed by atoms with van der Waals surface area (Å²) in [7, 11) is -8.14. The number of benzene rings is 10. The third-order valence-electron chi connectivity index (χ3n) is 13.6. The van der Waals surface area contributed by atoms with Crippen LogP contribution in [0.5, 0.6) is 17.2 Å². The van der Waals surface area contributed by atoms with Gasteiger partial charge in [0.15, 0.2) is 72.7 Å². The number of hydrogen-bond donors (Lipinski definition) is 2. The van der Waals surface area contributed by atoms with Gasteiger partial charge in [0, 0.05) is 33.2 Å². The first-order valence-electron chi connectivity index (χ1n) is 33.7. The maximum atomic E-state index is 14.2. The van der Waals surface area contributed by atoms with Gasteiger partial charge in [0.2, 0.25) is 12.2 Å². The van der Waals surface area contributed by atoms with Crippen molar-refractivity contribution in [3.8, 4) is 17.2 Å². The standard InChI is InChI=1S/2C22H22FOS.C12H10OS.C10H12FO.C10H16N.2C3H3F5O4S.2BrH.Mg/c2*1-22(2,3)24-21-16-19(14-15-20(21)23)25(17-10-6-4-7-11-17)18-12-8-5-9-13-18;13-14(11-7-3-1-4-8-11)12-9-5-2-6-10-12;1-10(2,3)12-9-7-5-4-6-8(9)11;1-11(2,3)9-10-7-5-4-6-8-10;2*4-2(5,6)1(9)3(7,8)13(10,11)12;;;/h2*4-16H,1-3H3;1-10H;4,6-7H,1-3H3;4-8H,9H2,1-3H3;2*1,9H,(H,10,11,12);2*1H;/q2*+1;;-1;+1;;;;;+2/p-4. The van der Waals surface area contributed by atoms with Crippen LogP contribution in [-0.2, 0) is 59.4 Å². The molecule has 2 unspecified atom stereocenters. The van der Waals surface area contributed by atoms with Gasteiger partial charge in [-0.25, -0.2) is 34.2 Å². The van der Waals surface area contributed by atoms with Crippen LogP contribution in [0.2, 0.25) is 0 Å². The predicted octanol–water partition coefficient (Wildman–Crippen LogP) is 13.5. The zero-order valence-corrected chi connectivity index (χ0v) is 73.3. The summed E-state index contributed by atoms with van der Waals surface area (Å²) < 4.78 is 245. The third-order valence-corrected chi connectivity index (χ3v) is 21.2. The Labute approximate surface area is 714 Å². The molecule has 10 aromatic carbocycles. The Morgan fingerprint density at radius 1 is 0.405 bits per heavy atom. The Kier molecular flexibility index (Phi) is 43.4. The summed E-state index contributed by atoms with van der Waals surface area (Å²) in [6.07, 6.45) is -20.8. The number of hydrogen-bond acceptors (Lipinski definition) is 12. The topological polar surface area (TPSA) is 200 Å². The molecule has 2 atom stereocenters. The molecule has 10 aromatic rings. The molecule has 628 valence electrons. The van der Waals surface area contributed by atoms with Crippen molar-refractivity contribution in [2.75, 3.05) is 21.1 Å². The van der Waals surface area contributed by atoms with Gasteiger partial charge in [0.05, 0.1) is 65.2 Å². The van der Waals surface area contributed by atoms with E-state index < -0.39 is 77.3 Å². The number of alkyl halides is 10. The molecule has 0 saturated heterocycles. The number of aliphatic hydroxyl groups is 2. The van der Waals surface area contributed by atoms with Gasteiger partial charge in [-0.2, -0.15) is 56.0 Å². The maximum absolute atomic E-state index is 14.2. The number of halogens is 15. The molecule has 0 aliphatic heterocycles. The van der Waals surface area contributed by atoms with Crippen LogP contribution in [0.4, 0.5) is 57.1 Å². The van der Waals surface area contributed by atoms with Gasteiger partial charge in [0.1, 0.15) is 17.7 Å². The van der Waals surface area contributed by atoms with Gasteiger partial charge in [-0.3, -0.25) is 0 Å². The minimum absolute atomic E-state index is 0. The van der Waals surface area contributed by atoms with E-state index in [1.165, 1.54) is 55.5 Å². The predicted molar refractivity (Wildman–Crippen MR) is 414 cm³/mol. The number of nitrogens with zero attached hydrogens (tertiary/aromatic N) is 1. The molecular weight excluding hydrogens is 1780 g/mol. The van der Waals surface area contributed by atoms with Crippen molar-refractivity contribution in [2.45, 2.75) is 160 Å². The SMILES string of the molecule is CC(C)(C)Oc1c[c-]ccc1F.CC(C)(C)Oc1cc([S+](c2ccccc2)c2ccccc2)ccc1F.CC(C)(C)Oc1cc([S+](c2ccccc2)c2ccccc2)ccc1F.C[N+](C)(C)Cc1ccccc1.O=S(=O)([O-])C(F)(F)C(O)C(F)(F)F.O=S(=O)([O-])C(F)(F)C(O)C(F)(F)F.O=S(c1ccccc1)c1ccccc1.[Br-].[Br-].[Mg+2]. The van der Waals surface area contributed by atoms with Crippen LogP contribution in [0.25, 0.3) is 0 Å². The molecular formula is C82H86Br2F13MgNO12S5. The molecule has 0 heterocycles. The molecule has 0 spiro atoms. The van der Waals surface area contributed by atoms with Gasteiger partial charge in [-0.05, 0) is 159 Å². The number of ether oxygens (including phenoxy) is 3. The van der Waals surface area contributed by atoms with Crippen molar-refractivity contribution in [1.29, 1.82) is 0 Å². The Bertz CT molecular complexity index is 4460. The second-order valence-electron chi connectivity index (χ2n) is 27.8. The largest absolute Gasteiger partial charge is 2.00 e. The minimum Gasteiger partial charge on any atom is -1.00 e. The smallest absolute Gasteiger partial charge is 1.00 e. The molecule has 0 bridgehead atoms. The van der Waals surface area contributed by atoms with E-state index in [0.717, 1.165) is 30.6 Å². The summed E-state index contributed by atoms with van der Waals surface area (Å²) in [5.41, 5.74) is 0.144. The molecule has 13 nitrogen and oxygen atoms in total. The zero-order valence-electron chi connectivity index (χ0n) is 64.6. The quantitative estimate of drug-likeness (QED) is 0.0219. The van der Waals surface area contributed by atoms with Crippen molar-refractivity contribution in [1.82, 2.24) is 0 Å². The fourth-order valence-corrected chi connectivity index (χ4v) is 15.0. The summed E-state index contributed by atoms with van der Waals surface area (Å²) in [5.74, 6) is -0.149. The van der Waals surface area contributed by atoms with Gasteiger partial charge in [-0.1, -0.05) is 140 Å². The van der Waals surface area contributed by atoms with Crippen molar-refractivity contribution in [3.63, 3.8) is 0 Å². The Morgan fingerprint density at radius 3 is 0.888 bits per heavy atom. The van der Waals surface area contributed by atoms with Crippen LogP contribution >= 0.6 is 0 Å². The molecule has 10 rings (SSSR count). The van der Waals surface area contributed by atoms with E-state index in [2.05, 4.69) is 106 Å². The second kappa shape index (κ2) is 47.1. The molecule has 2 N–H and O–H groups in total. The van der Waals surface area contributed by atoms with Crippen LogP contribution in [0.15, 0.2) is 306 Å². The number of aliphatic hydroxyl groups excluding tert-OH is 2. The van der Waals surface area contributed by atoms with E-state index in [1.54, 1.807) is 0 Å². The molecule has 0 aromatic heterocycles. The van der Waals surface area contributed by atoms with E-state index in [1.807, 2.05) is 220 Å². The molecule has 0 amide bonds. The van der Waals surface area contributed by atoms with Crippen LogP contribution in [0, 0.1) is 23.5 Å². The van der Waals surface area contributed by atoms with Gasteiger partial charge in [-0.15, -0.1) is 12.1 Å². The number of quaternary nitrogens is 1. The average Bonchev–Trinajstić information content (AvgIpc) is 0.799. The monoisotopic (exact) mass is 1870 g/mol. The Hall–Kier alpha value is -7.03. The summed E-state index contributed by atoms with van der Waals surface area (Å²) >= 11 is 0. The van der Waals surface area contributed by atoms with Crippen molar-refractivity contribution in [3.05, 3.63) is 296 Å². The van der Waals surface area contributed by atoms with E-state index in [9.17, 15) is 87.2 Å². The third kappa shape index (κ3) is 37.1. The minimum atomic E-state index is -6.54. The second-order valence-corrected chi connectivity index (χ2v) is 36.2. The number of rotatable bonds is 17. The van der Waals surface area contributed by atoms with Crippen molar-refractivity contribution in [2.24, 2.45) is 0 Å². The molecule has 34 heteroatoms. The molecule has 0 radical (unpaired) electrons. The normalized spacial score (nSPS) is 12.3. The van der Waals surface area contributed by atoms with Gasteiger partial charge in [0.25, 0.3) is 0 Å². The van der Waals surface area contributed by atoms with E-state index in [4.69, 9.17) is 24.4 Å². The van der Waals surface area contributed by atoms with Crippen LogP contribution in [-0.4, -0.2) is 141 Å². The fourth-order valence-electron chi connectivity index (χ4n) is 8.89. The van der Waals surface area contributed by atoms with Crippen LogP contribution in [0.1, 0.15) is 67.9 Å². The molecule has 0 aliphatic carbocycles. The average molecular weight is 1870 g/mol. The van der Waals surface area contributed by atoms with E-state index in [0.29, 0.717) is 11.5 Å². The summed E-state index contributed by atoms with van der Waals surface area (Å²) in [5, 5.41) is 4.04. The first-order valence-corrected chi connectivity index (χ1v) is 40.1. The van der Waals surface area contributed by atoms with E-state index in [-0.39, 0.29) is 108 Å². The Balaban J connectivity index is 0.000000692. The maximum Gasteiger partial charge on any atom is 2.00 e. The molecule has 0 saturated carbocycles.